The Labute approximate surface area is 95.4 Å². The Kier molecular flexibility index (Phi) is 1.93. The van der Waals surface area contributed by atoms with Crippen LogP contribution in [0, 0.1) is 6.92 Å². The van der Waals surface area contributed by atoms with Crippen LogP contribution in [0.4, 0.5) is 0 Å². The minimum atomic E-state index is 0.217. The molecule has 0 amide bonds. The zero-order valence-electron chi connectivity index (χ0n) is 9.79. The standard InChI is InChI=1S/C14H17NO/c1-9-7-11-3-4-12(8-13(11)16-9)14(5-6-14)10(2)15/h3-4,7-8,10H,5-6,15H2,1-2H3. The Morgan fingerprint density at radius 3 is 2.69 bits per heavy atom. The molecule has 1 unspecified atom stereocenters. The number of fused-ring (bicyclic) bond motifs is 1. The maximum Gasteiger partial charge on any atom is 0.134 e. The molecule has 1 fully saturated rings. The van der Waals surface area contributed by atoms with E-state index in [4.69, 9.17) is 10.2 Å². The molecule has 0 bridgehead atoms. The van der Waals surface area contributed by atoms with Gasteiger partial charge in [-0.05, 0) is 44.4 Å². The highest BCUT2D eigenvalue weighted by molar-refractivity contribution is 5.79. The van der Waals surface area contributed by atoms with Gasteiger partial charge in [0.1, 0.15) is 11.3 Å². The number of furan rings is 1. The van der Waals surface area contributed by atoms with Crippen molar-refractivity contribution in [3.8, 4) is 0 Å². The molecule has 0 radical (unpaired) electrons. The molecule has 1 saturated carbocycles. The smallest absolute Gasteiger partial charge is 0.134 e. The van der Waals surface area contributed by atoms with E-state index in [2.05, 4.69) is 31.2 Å². The summed E-state index contributed by atoms with van der Waals surface area (Å²) in [7, 11) is 0. The summed E-state index contributed by atoms with van der Waals surface area (Å²) in [5, 5.41) is 1.18. The zero-order chi connectivity index (χ0) is 11.3. The average Bonchev–Trinajstić information content (AvgIpc) is 2.95. The molecule has 1 aliphatic rings. The molecule has 84 valence electrons. The molecule has 0 saturated heterocycles. The second-order valence-corrected chi connectivity index (χ2v) is 5.05. The molecule has 1 atom stereocenters. The van der Waals surface area contributed by atoms with Crippen LogP contribution < -0.4 is 5.73 Å². The molecule has 1 aromatic heterocycles. The van der Waals surface area contributed by atoms with Crippen molar-refractivity contribution in [2.24, 2.45) is 5.73 Å². The number of aryl methyl sites for hydroxylation is 1. The van der Waals surface area contributed by atoms with Gasteiger partial charge in [0.05, 0.1) is 0 Å². The van der Waals surface area contributed by atoms with E-state index in [9.17, 15) is 0 Å². The quantitative estimate of drug-likeness (QED) is 0.836. The molecular weight excluding hydrogens is 198 g/mol. The van der Waals surface area contributed by atoms with Crippen LogP contribution in [0.5, 0.6) is 0 Å². The lowest BCUT2D eigenvalue weighted by atomic mass is 9.89. The van der Waals surface area contributed by atoms with E-state index < -0.39 is 0 Å². The van der Waals surface area contributed by atoms with Crippen molar-refractivity contribution < 1.29 is 4.42 Å². The maximum absolute atomic E-state index is 6.08. The minimum absolute atomic E-state index is 0.217. The van der Waals surface area contributed by atoms with Gasteiger partial charge in [0.2, 0.25) is 0 Å². The van der Waals surface area contributed by atoms with Crippen molar-refractivity contribution >= 4 is 11.0 Å². The van der Waals surface area contributed by atoms with Crippen LogP contribution in [0.1, 0.15) is 31.1 Å². The summed E-state index contributed by atoms with van der Waals surface area (Å²) in [6, 6.07) is 8.81. The fourth-order valence-corrected chi connectivity index (χ4v) is 2.62. The second kappa shape index (κ2) is 3.11. The average molecular weight is 215 g/mol. The van der Waals surface area contributed by atoms with Crippen LogP contribution in [-0.4, -0.2) is 6.04 Å². The minimum Gasteiger partial charge on any atom is -0.461 e. The summed E-state index contributed by atoms with van der Waals surface area (Å²) >= 11 is 0. The van der Waals surface area contributed by atoms with E-state index in [0.29, 0.717) is 0 Å². The zero-order valence-corrected chi connectivity index (χ0v) is 9.79. The van der Waals surface area contributed by atoms with Crippen LogP contribution in [0.25, 0.3) is 11.0 Å². The van der Waals surface area contributed by atoms with Gasteiger partial charge in [-0.15, -0.1) is 0 Å². The number of rotatable bonds is 2. The predicted octanol–water partition coefficient (Wildman–Crippen LogP) is 3.12. The topological polar surface area (TPSA) is 39.2 Å². The lowest BCUT2D eigenvalue weighted by Crippen LogP contribution is -2.31. The van der Waals surface area contributed by atoms with Crippen molar-refractivity contribution in [3.05, 3.63) is 35.6 Å². The molecule has 2 nitrogen and oxygen atoms in total. The summed E-state index contributed by atoms with van der Waals surface area (Å²) in [4.78, 5) is 0. The van der Waals surface area contributed by atoms with Crippen LogP contribution in [0.3, 0.4) is 0 Å². The molecule has 1 aliphatic carbocycles. The van der Waals surface area contributed by atoms with Gasteiger partial charge >= 0.3 is 0 Å². The largest absolute Gasteiger partial charge is 0.461 e. The number of hydrogen-bond acceptors (Lipinski definition) is 2. The predicted molar refractivity (Wildman–Crippen MR) is 65.5 cm³/mol. The highest BCUT2D eigenvalue weighted by atomic mass is 16.3. The first-order valence-corrected chi connectivity index (χ1v) is 5.88. The van der Waals surface area contributed by atoms with Crippen LogP contribution >= 0.6 is 0 Å². The fraction of sp³-hybridized carbons (Fsp3) is 0.429. The van der Waals surface area contributed by atoms with Crippen molar-refractivity contribution in [2.75, 3.05) is 0 Å². The third-order valence-electron chi connectivity index (χ3n) is 3.88. The fourth-order valence-electron chi connectivity index (χ4n) is 2.62. The molecule has 0 spiro atoms. The molecular formula is C14H17NO. The van der Waals surface area contributed by atoms with E-state index >= 15 is 0 Å². The van der Waals surface area contributed by atoms with Crippen molar-refractivity contribution in [2.45, 2.75) is 38.1 Å². The second-order valence-electron chi connectivity index (χ2n) is 5.05. The maximum atomic E-state index is 6.08. The molecule has 2 aromatic rings. The lowest BCUT2D eigenvalue weighted by molar-refractivity contribution is 0.551. The summed E-state index contributed by atoms with van der Waals surface area (Å²) in [5.74, 6) is 0.970. The van der Waals surface area contributed by atoms with Gasteiger partial charge in [-0.3, -0.25) is 0 Å². The summed E-state index contributed by atoms with van der Waals surface area (Å²) in [6.07, 6.45) is 2.41. The third kappa shape index (κ3) is 1.30. The van der Waals surface area contributed by atoms with Gasteiger partial charge in [0, 0.05) is 16.8 Å². The van der Waals surface area contributed by atoms with Gasteiger partial charge < -0.3 is 10.2 Å². The van der Waals surface area contributed by atoms with E-state index in [1.54, 1.807) is 0 Å². The molecule has 2 N–H and O–H groups in total. The molecule has 1 heterocycles. The normalized spacial score (nSPS) is 19.9. The van der Waals surface area contributed by atoms with Crippen LogP contribution in [-0.2, 0) is 5.41 Å². The molecule has 2 heteroatoms. The number of nitrogens with two attached hydrogens (primary N) is 1. The van der Waals surface area contributed by atoms with E-state index in [-0.39, 0.29) is 11.5 Å². The summed E-state index contributed by atoms with van der Waals surface area (Å²) in [5.41, 5.74) is 8.63. The molecule has 1 aromatic carbocycles. The van der Waals surface area contributed by atoms with E-state index in [1.807, 2.05) is 6.92 Å². The molecule has 16 heavy (non-hydrogen) atoms. The Hall–Kier alpha value is -1.28. The molecule has 3 rings (SSSR count). The van der Waals surface area contributed by atoms with Gasteiger partial charge in [-0.1, -0.05) is 12.1 Å². The van der Waals surface area contributed by atoms with Crippen LogP contribution in [0.2, 0.25) is 0 Å². The van der Waals surface area contributed by atoms with Crippen molar-refractivity contribution in [3.63, 3.8) is 0 Å². The van der Waals surface area contributed by atoms with Gasteiger partial charge in [0.15, 0.2) is 0 Å². The highest BCUT2D eigenvalue weighted by Crippen LogP contribution is 2.50. The SMILES string of the molecule is Cc1cc2ccc(C3(C(C)N)CC3)cc2o1. The van der Waals surface area contributed by atoms with Crippen molar-refractivity contribution in [1.29, 1.82) is 0 Å². The highest BCUT2D eigenvalue weighted by Gasteiger charge is 2.47. The Morgan fingerprint density at radius 2 is 2.06 bits per heavy atom. The third-order valence-corrected chi connectivity index (χ3v) is 3.88. The van der Waals surface area contributed by atoms with Crippen LogP contribution in [0.15, 0.2) is 28.7 Å². The summed E-state index contributed by atoms with van der Waals surface area (Å²) in [6.45, 7) is 4.09. The Balaban J connectivity index is 2.11. The molecule has 0 aliphatic heterocycles. The Bertz CT molecular complexity index is 535. The van der Waals surface area contributed by atoms with Gasteiger partial charge in [0.25, 0.3) is 0 Å². The van der Waals surface area contributed by atoms with E-state index in [1.165, 1.54) is 23.8 Å². The first-order chi connectivity index (χ1) is 7.62. The van der Waals surface area contributed by atoms with Crippen molar-refractivity contribution in [1.82, 2.24) is 0 Å². The Morgan fingerprint density at radius 1 is 1.31 bits per heavy atom. The monoisotopic (exact) mass is 215 g/mol. The number of hydrogen-bond donors (Lipinski definition) is 1. The van der Waals surface area contributed by atoms with Gasteiger partial charge in [-0.25, -0.2) is 0 Å². The number of benzene rings is 1. The lowest BCUT2D eigenvalue weighted by Gasteiger charge is -2.19. The first-order valence-electron chi connectivity index (χ1n) is 5.88. The van der Waals surface area contributed by atoms with Gasteiger partial charge in [-0.2, -0.15) is 0 Å². The summed E-state index contributed by atoms with van der Waals surface area (Å²) < 4.78 is 5.67. The first kappa shape index (κ1) is 9.91. The van der Waals surface area contributed by atoms with E-state index in [0.717, 1.165) is 11.3 Å².